The first-order valence-electron chi connectivity index (χ1n) is 6.02. The van der Waals surface area contributed by atoms with Crippen LogP contribution in [-0.4, -0.2) is 32.1 Å². The molecule has 0 spiro atoms. The van der Waals surface area contributed by atoms with E-state index < -0.39 is 24.1 Å². The van der Waals surface area contributed by atoms with Crippen LogP contribution in [0.25, 0.3) is 0 Å². The second kappa shape index (κ2) is 10.4. The first-order valence-corrected chi connectivity index (χ1v) is 6.02. The minimum absolute atomic E-state index is 0. The molecule has 1 radical (unpaired) electrons. The van der Waals surface area contributed by atoms with Gasteiger partial charge in [0.2, 0.25) is 0 Å². The van der Waals surface area contributed by atoms with Gasteiger partial charge in [-0.25, -0.2) is 0 Å². The smallest absolute Gasteiger partial charge is 0.839 e. The van der Waals surface area contributed by atoms with E-state index in [9.17, 15) is 19.8 Å². The fourth-order valence-electron chi connectivity index (χ4n) is 1.32. The number of aromatic nitrogens is 2. The summed E-state index contributed by atoms with van der Waals surface area (Å²) in [4.78, 5) is 27.5. The number of nitrogens with zero attached hydrogens (tertiary/aromatic N) is 2. The summed E-state index contributed by atoms with van der Waals surface area (Å²) in [6.45, 7) is 0. The van der Waals surface area contributed by atoms with Gasteiger partial charge in [-0.15, -0.1) is 0 Å². The molecule has 125 valence electrons. The predicted octanol–water partition coefficient (Wildman–Crippen LogP) is -0.867. The Morgan fingerprint density at radius 1 is 0.826 bits per heavy atom. The van der Waals surface area contributed by atoms with Crippen LogP contribution >= 0.6 is 0 Å². The molecule has 0 saturated heterocycles. The summed E-state index contributed by atoms with van der Waals surface area (Å²) in [5.74, 6) is -2.80. The summed E-state index contributed by atoms with van der Waals surface area (Å²) in [5, 5.41) is 38.1. The number of carbonyl (C=O) groups is 2. The van der Waals surface area contributed by atoms with Gasteiger partial charge in [0, 0.05) is 36.0 Å². The molecule has 2 heterocycles. The van der Waals surface area contributed by atoms with Crippen molar-refractivity contribution in [3.63, 3.8) is 0 Å². The normalized spacial score (nSPS) is 11.9. The van der Waals surface area contributed by atoms with Gasteiger partial charge >= 0.3 is 17.1 Å². The van der Waals surface area contributed by atoms with Crippen molar-refractivity contribution >= 4 is 11.9 Å². The van der Waals surface area contributed by atoms with Crippen molar-refractivity contribution in [1.29, 1.82) is 0 Å². The topological polar surface area (TPSA) is 146 Å². The predicted molar refractivity (Wildman–Crippen MR) is 69.2 cm³/mol. The third-order valence-corrected chi connectivity index (χ3v) is 2.36. The Hall–Kier alpha value is -2.32. The maximum atomic E-state index is 10.8. The molecule has 0 aliphatic rings. The van der Waals surface area contributed by atoms with E-state index in [2.05, 4.69) is 9.97 Å². The maximum absolute atomic E-state index is 10.8. The van der Waals surface area contributed by atoms with Crippen LogP contribution in [0, 0.1) is 0 Å². The molecular formula is C14H12CuN2O6. The molecular weight excluding hydrogens is 356 g/mol. The zero-order valence-electron chi connectivity index (χ0n) is 11.5. The van der Waals surface area contributed by atoms with Crippen molar-refractivity contribution in [3.05, 3.63) is 60.2 Å². The van der Waals surface area contributed by atoms with Crippen LogP contribution in [0.2, 0.25) is 0 Å². The van der Waals surface area contributed by atoms with Gasteiger partial charge in [0.15, 0.2) is 0 Å². The van der Waals surface area contributed by atoms with Crippen molar-refractivity contribution in [1.82, 2.24) is 9.97 Å². The standard InChI is InChI=1S/2C7H6NO3.Cu/c2*9-6(7(10)11)5-3-1-2-4-8-5;/h2*1-4,6H,(H,10,11);/q2*-1;+2. The largest absolute Gasteiger partial charge is 2.00 e. The third kappa shape index (κ3) is 6.98. The molecule has 2 rings (SSSR count). The van der Waals surface area contributed by atoms with Gasteiger partial charge in [-0.2, -0.15) is 0 Å². The maximum Gasteiger partial charge on any atom is 2.00 e. The van der Waals surface area contributed by atoms with E-state index in [1.165, 1.54) is 24.5 Å². The molecule has 0 saturated carbocycles. The molecule has 2 aromatic rings. The van der Waals surface area contributed by atoms with Crippen molar-refractivity contribution in [3.8, 4) is 0 Å². The van der Waals surface area contributed by atoms with Crippen molar-refractivity contribution in [2.24, 2.45) is 0 Å². The summed E-state index contributed by atoms with van der Waals surface area (Å²) < 4.78 is 0. The molecule has 9 heteroatoms. The van der Waals surface area contributed by atoms with Gasteiger partial charge in [0.25, 0.3) is 11.9 Å². The molecule has 2 aromatic heterocycles. The molecule has 0 fully saturated rings. The van der Waals surface area contributed by atoms with E-state index in [1.54, 1.807) is 24.3 Å². The first-order chi connectivity index (χ1) is 10.4. The zero-order valence-corrected chi connectivity index (χ0v) is 12.4. The minimum Gasteiger partial charge on any atom is -0.839 e. The molecule has 0 aliphatic carbocycles. The second-order valence-electron chi connectivity index (χ2n) is 3.95. The average molecular weight is 368 g/mol. The monoisotopic (exact) mass is 367 g/mol. The number of hydrogen-bond acceptors (Lipinski definition) is 6. The molecule has 8 nitrogen and oxygen atoms in total. The Morgan fingerprint density at radius 3 is 1.39 bits per heavy atom. The molecule has 2 N–H and O–H groups in total. The van der Waals surface area contributed by atoms with Crippen LogP contribution in [-0.2, 0) is 26.7 Å². The van der Waals surface area contributed by atoms with E-state index in [0.29, 0.717) is 0 Å². The van der Waals surface area contributed by atoms with Crippen LogP contribution in [0.1, 0.15) is 23.6 Å². The molecule has 2 unspecified atom stereocenters. The Bertz CT molecular complexity index is 556. The van der Waals surface area contributed by atoms with E-state index in [-0.39, 0.29) is 28.5 Å². The summed E-state index contributed by atoms with van der Waals surface area (Å²) in [6.07, 6.45) is -0.751. The number of carboxylic acid groups (broad SMARTS) is 2. The van der Waals surface area contributed by atoms with Gasteiger partial charge in [0.05, 0.1) is 0 Å². The van der Waals surface area contributed by atoms with Crippen molar-refractivity contribution in [2.45, 2.75) is 12.2 Å². The number of carboxylic acids is 2. The Morgan fingerprint density at radius 2 is 1.17 bits per heavy atom. The van der Waals surface area contributed by atoms with E-state index >= 15 is 0 Å². The molecule has 23 heavy (non-hydrogen) atoms. The summed E-state index contributed by atoms with van der Waals surface area (Å²) in [7, 11) is 0. The van der Waals surface area contributed by atoms with Gasteiger partial charge in [-0.1, -0.05) is 12.1 Å². The van der Waals surface area contributed by atoms with Crippen LogP contribution in [0.5, 0.6) is 0 Å². The van der Waals surface area contributed by atoms with E-state index in [0.717, 1.165) is 0 Å². The Labute approximate surface area is 141 Å². The van der Waals surface area contributed by atoms with Gasteiger partial charge in [-0.3, -0.25) is 19.6 Å². The molecule has 0 amide bonds. The molecule has 0 aliphatic heterocycles. The van der Waals surface area contributed by atoms with Gasteiger partial charge in [-0.05, 0) is 24.3 Å². The third-order valence-electron chi connectivity index (χ3n) is 2.36. The van der Waals surface area contributed by atoms with Gasteiger partial charge in [0.1, 0.15) is 0 Å². The number of pyridine rings is 2. The van der Waals surface area contributed by atoms with Crippen LogP contribution < -0.4 is 10.2 Å². The molecule has 0 bridgehead atoms. The van der Waals surface area contributed by atoms with Crippen LogP contribution in [0.15, 0.2) is 48.8 Å². The number of rotatable bonds is 4. The Balaban J connectivity index is 0.000000403. The molecule has 0 aromatic carbocycles. The zero-order chi connectivity index (χ0) is 16.5. The minimum atomic E-state index is -1.77. The van der Waals surface area contributed by atoms with E-state index in [4.69, 9.17) is 10.2 Å². The fraction of sp³-hybridized carbons (Fsp3) is 0.143. The SMILES string of the molecule is O=C(O)C([O-])c1ccccn1.O=C(O)C([O-])c1ccccn1.[Cu+2]. The van der Waals surface area contributed by atoms with Crippen molar-refractivity contribution < 1.29 is 47.1 Å². The Kier molecular flexibility index (Phi) is 9.36. The quantitative estimate of drug-likeness (QED) is 0.663. The average Bonchev–Trinajstić information content (AvgIpc) is 2.55. The summed E-state index contributed by atoms with van der Waals surface area (Å²) in [6, 6.07) is 9.19. The first kappa shape index (κ1) is 20.7. The molecule has 2 atom stereocenters. The summed E-state index contributed by atoms with van der Waals surface area (Å²) in [5.41, 5.74) is 0.0833. The summed E-state index contributed by atoms with van der Waals surface area (Å²) >= 11 is 0. The van der Waals surface area contributed by atoms with E-state index in [1.807, 2.05) is 0 Å². The number of hydrogen-bond donors (Lipinski definition) is 2. The fourth-order valence-corrected chi connectivity index (χ4v) is 1.32. The van der Waals surface area contributed by atoms with Crippen molar-refractivity contribution in [2.75, 3.05) is 0 Å². The number of aliphatic carboxylic acids is 2. The van der Waals surface area contributed by atoms with Crippen LogP contribution in [0.4, 0.5) is 0 Å². The second-order valence-corrected chi connectivity index (χ2v) is 3.95. The van der Waals surface area contributed by atoms with Gasteiger partial charge < -0.3 is 20.4 Å². The van der Waals surface area contributed by atoms with Crippen LogP contribution in [0.3, 0.4) is 0 Å².